The molecule has 0 aromatic heterocycles. The van der Waals surface area contributed by atoms with E-state index in [0.717, 1.165) is 38.3 Å². The molecule has 0 fully saturated rings. The number of nitrogens with one attached hydrogen (secondary N) is 1. The lowest BCUT2D eigenvalue weighted by molar-refractivity contribution is 0.144. The van der Waals surface area contributed by atoms with Gasteiger partial charge in [-0.25, -0.2) is 0 Å². The molecule has 1 aromatic carbocycles. The normalized spacial score (nSPS) is 11.1. The molecule has 0 aliphatic rings. The molecule has 1 rings (SSSR count). The van der Waals surface area contributed by atoms with E-state index in [-0.39, 0.29) is 24.0 Å². The fourth-order valence-electron chi connectivity index (χ4n) is 1.89. The Kier molecular flexibility index (Phi) is 10.5. The van der Waals surface area contributed by atoms with Gasteiger partial charge < -0.3 is 15.8 Å². The van der Waals surface area contributed by atoms with Crippen LogP contribution in [-0.4, -0.2) is 25.7 Å². The van der Waals surface area contributed by atoms with Crippen LogP contribution >= 0.6 is 24.0 Å². The summed E-state index contributed by atoms with van der Waals surface area (Å²) in [6.07, 6.45) is 2.02. The average Bonchev–Trinajstić information content (AvgIpc) is 2.32. The molecule has 0 spiro atoms. The van der Waals surface area contributed by atoms with Gasteiger partial charge in [0.25, 0.3) is 0 Å². The molecule has 5 heteroatoms. The van der Waals surface area contributed by atoms with E-state index >= 15 is 0 Å². The molecule has 0 aliphatic heterocycles. The van der Waals surface area contributed by atoms with Crippen LogP contribution in [0.3, 0.4) is 0 Å². The number of anilines is 1. The molecule has 4 nitrogen and oxygen atoms in total. The first-order valence-corrected chi connectivity index (χ1v) is 6.85. The Morgan fingerprint density at radius 2 is 1.85 bits per heavy atom. The number of unbranched alkanes of at least 4 members (excludes halogenated alkanes) is 1. The molecule has 3 N–H and O–H groups in total. The zero-order chi connectivity index (χ0) is 14.1. The quantitative estimate of drug-likeness (QED) is 0.324. The molecule has 0 unspecified atom stereocenters. The Bertz CT molecular complexity index is 401. The van der Waals surface area contributed by atoms with Crippen LogP contribution in [0.1, 0.15) is 30.9 Å². The van der Waals surface area contributed by atoms with E-state index in [1.165, 1.54) is 11.1 Å². The molecule has 1 aromatic rings. The lowest BCUT2D eigenvalue weighted by Gasteiger charge is -2.08. The second-order valence-electron chi connectivity index (χ2n) is 4.67. The van der Waals surface area contributed by atoms with E-state index < -0.39 is 0 Å². The Morgan fingerprint density at radius 3 is 2.45 bits per heavy atom. The van der Waals surface area contributed by atoms with Crippen LogP contribution in [0.2, 0.25) is 0 Å². The summed E-state index contributed by atoms with van der Waals surface area (Å²) in [5.41, 5.74) is 9.28. The van der Waals surface area contributed by atoms with Gasteiger partial charge in [0.15, 0.2) is 5.96 Å². The molecule has 0 saturated heterocycles. The van der Waals surface area contributed by atoms with Crippen LogP contribution in [0.15, 0.2) is 23.2 Å². The summed E-state index contributed by atoms with van der Waals surface area (Å²) in [6.45, 7) is 8.45. The number of aryl methyl sites for hydroxylation is 2. The standard InChI is InChI=1S/C15H25N3O.HI/c1-4-19-8-6-5-7-17-15(16)18-14-10-12(2)9-13(3)11-14;/h9-11H,4-8H2,1-3H3,(H3,16,17,18);1H. The van der Waals surface area contributed by atoms with Gasteiger partial charge in [0, 0.05) is 25.4 Å². The number of nitrogens with two attached hydrogens (primary N) is 1. The van der Waals surface area contributed by atoms with Crippen LogP contribution in [0, 0.1) is 13.8 Å². The topological polar surface area (TPSA) is 59.6 Å². The molecule has 0 radical (unpaired) electrons. The van der Waals surface area contributed by atoms with Gasteiger partial charge in [0.05, 0.1) is 0 Å². The molecule has 0 atom stereocenters. The minimum Gasteiger partial charge on any atom is -0.382 e. The minimum atomic E-state index is 0. The fourth-order valence-corrected chi connectivity index (χ4v) is 1.89. The largest absolute Gasteiger partial charge is 0.382 e. The van der Waals surface area contributed by atoms with Gasteiger partial charge in [-0.3, -0.25) is 4.99 Å². The van der Waals surface area contributed by atoms with Crippen molar-refractivity contribution in [1.29, 1.82) is 0 Å². The van der Waals surface area contributed by atoms with Gasteiger partial charge in [-0.15, -0.1) is 24.0 Å². The zero-order valence-corrected chi connectivity index (χ0v) is 14.9. The molecule has 0 saturated carbocycles. The SMILES string of the molecule is CCOCCCCN=C(N)Nc1cc(C)cc(C)c1.I. The molecular weight excluding hydrogens is 365 g/mol. The number of aliphatic imine (C=N–C) groups is 1. The molecule has 0 aliphatic carbocycles. The van der Waals surface area contributed by atoms with Gasteiger partial charge in [-0.05, 0) is 56.9 Å². The molecule has 114 valence electrons. The summed E-state index contributed by atoms with van der Waals surface area (Å²) in [7, 11) is 0. The number of hydrogen-bond donors (Lipinski definition) is 2. The highest BCUT2D eigenvalue weighted by molar-refractivity contribution is 14.0. The van der Waals surface area contributed by atoms with Crippen LogP contribution in [0.4, 0.5) is 5.69 Å². The molecular formula is C15H26IN3O. The number of nitrogens with zero attached hydrogens (tertiary/aromatic N) is 1. The number of rotatable bonds is 7. The lowest BCUT2D eigenvalue weighted by atomic mass is 10.1. The lowest BCUT2D eigenvalue weighted by Crippen LogP contribution is -2.23. The molecule has 0 amide bonds. The summed E-state index contributed by atoms with van der Waals surface area (Å²) in [5, 5.41) is 3.12. The third-order valence-corrected chi connectivity index (χ3v) is 2.68. The van der Waals surface area contributed by atoms with E-state index in [4.69, 9.17) is 10.5 Å². The van der Waals surface area contributed by atoms with Crippen molar-refractivity contribution in [3.8, 4) is 0 Å². The predicted molar refractivity (Wildman–Crippen MR) is 97.2 cm³/mol. The van der Waals surface area contributed by atoms with Crippen molar-refractivity contribution in [2.45, 2.75) is 33.6 Å². The van der Waals surface area contributed by atoms with E-state index in [1.807, 2.05) is 6.92 Å². The molecule has 0 bridgehead atoms. The molecule has 0 heterocycles. The Balaban J connectivity index is 0.00000361. The number of halogens is 1. The van der Waals surface area contributed by atoms with Gasteiger partial charge in [-0.1, -0.05) is 6.07 Å². The maximum Gasteiger partial charge on any atom is 0.193 e. The number of ether oxygens (including phenoxy) is 1. The zero-order valence-electron chi connectivity index (χ0n) is 12.6. The van der Waals surface area contributed by atoms with E-state index in [0.29, 0.717) is 5.96 Å². The summed E-state index contributed by atoms with van der Waals surface area (Å²) in [5.74, 6) is 0.474. The minimum absolute atomic E-state index is 0. The number of benzene rings is 1. The first-order valence-electron chi connectivity index (χ1n) is 6.85. The van der Waals surface area contributed by atoms with Gasteiger partial charge in [-0.2, -0.15) is 0 Å². The van der Waals surface area contributed by atoms with Gasteiger partial charge in [0.2, 0.25) is 0 Å². The van der Waals surface area contributed by atoms with Crippen LogP contribution in [-0.2, 0) is 4.74 Å². The first kappa shape index (κ1) is 19.2. The van der Waals surface area contributed by atoms with Crippen molar-refractivity contribution in [3.05, 3.63) is 29.3 Å². The maximum atomic E-state index is 5.85. The highest BCUT2D eigenvalue weighted by Crippen LogP contribution is 2.13. The van der Waals surface area contributed by atoms with E-state index in [9.17, 15) is 0 Å². The Hall–Kier alpha value is -0.820. The van der Waals surface area contributed by atoms with Crippen LogP contribution < -0.4 is 11.1 Å². The number of guanidine groups is 1. The predicted octanol–water partition coefficient (Wildman–Crippen LogP) is 3.46. The number of hydrogen-bond acceptors (Lipinski definition) is 2. The first-order chi connectivity index (χ1) is 9.11. The Labute approximate surface area is 139 Å². The molecule has 20 heavy (non-hydrogen) atoms. The van der Waals surface area contributed by atoms with E-state index in [1.54, 1.807) is 0 Å². The van der Waals surface area contributed by atoms with Gasteiger partial charge >= 0.3 is 0 Å². The van der Waals surface area contributed by atoms with Crippen LogP contribution in [0.5, 0.6) is 0 Å². The van der Waals surface area contributed by atoms with Crippen molar-refractivity contribution in [3.63, 3.8) is 0 Å². The Morgan fingerprint density at radius 1 is 1.20 bits per heavy atom. The van der Waals surface area contributed by atoms with E-state index in [2.05, 4.69) is 42.4 Å². The van der Waals surface area contributed by atoms with Crippen molar-refractivity contribution in [2.24, 2.45) is 10.7 Å². The highest BCUT2D eigenvalue weighted by atomic mass is 127. The third-order valence-electron chi connectivity index (χ3n) is 2.68. The summed E-state index contributed by atoms with van der Waals surface area (Å²) in [6, 6.07) is 6.25. The van der Waals surface area contributed by atoms with Crippen molar-refractivity contribution in [2.75, 3.05) is 25.1 Å². The summed E-state index contributed by atoms with van der Waals surface area (Å²) < 4.78 is 5.27. The smallest absolute Gasteiger partial charge is 0.193 e. The van der Waals surface area contributed by atoms with Crippen molar-refractivity contribution >= 4 is 35.6 Å². The van der Waals surface area contributed by atoms with Crippen molar-refractivity contribution < 1.29 is 4.74 Å². The third kappa shape index (κ3) is 8.37. The summed E-state index contributed by atoms with van der Waals surface area (Å²) in [4.78, 5) is 4.30. The monoisotopic (exact) mass is 391 g/mol. The summed E-state index contributed by atoms with van der Waals surface area (Å²) >= 11 is 0. The van der Waals surface area contributed by atoms with Crippen molar-refractivity contribution in [1.82, 2.24) is 0 Å². The van der Waals surface area contributed by atoms with Gasteiger partial charge in [0.1, 0.15) is 0 Å². The second-order valence-corrected chi connectivity index (χ2v) is 4.67. The van der Waals surface area contributed by atoms with Crippen LogP contribution in [0.25, 0.3) is 0 Å². The fraction of sp³-hybridized carbons (Fsp3) is 0.533. The second kappa shape index (κ2) is 10.9. The maximum absolute atomic E-state index is 5.85. The highest BCUT2D eigenvalue weighted by Gasteiger charge is 1.97. The average molecular weight is 391 g/mol.